The number of benzene rings is 1. The van der Waals surface area contributed by atoms with Crippen LogP contribution in [0.4, 0.5) is 4.39 Å². The Hall–Kier alpha value is -2.25. The van der Waals surface area contributed by atoms with E-state index in [1.165, 1.54) is 16.8 Å². The van der Waals surface area contributed by atoms with Crippen molar-refractivity contribution in [3.8, 4) is 5.69 Å². The van der Waals surface area contributed by atoms with E-state index in [1.807, 2.05) is 6.92 Å². The number of nitrogens with zero attached hydrogens (tertiary/aromatic N) is 3. The molecule has 6 nitrogen and oxygen atoms in total. The number of amides is 1. The van der Waals surface area contributed by atoms with Crippen LogP contribution in [0.2, 0.25) is 0 Å². The van der Waals surface area contributed by atoms with Gasteiger partial charge in [-0.25, -0.2) is 9.07 Å². The van der Waals surface area contributed by atoms with Gasteiger partial charge in [0.25, 0.3) is 5.91 Å². The number of hydrogen-bond donors (Lipinski definition) is 1. The molecule has 2 heterocycles. The van der Waals surface area contributed by atoms with Crippen molar-refractivity contribution >= 4 is 5.91 Å². The maximum atomic E-state index is 14.3. The Morgan fingerprint density at radius 3 is 3.00 bits per heavy atom. The van der Waals surface area contributed by atoms with Gasteiger partial charge in [0.15, 0.2) is 0 Å². The summed E-state index contributed by atoms with van der Waals surface area (Å²) in [6.45, 7) is 2.35. The van der Waals surface area contributed by atoms with Crippen molar-refractivity contribution in [2.75, 3.05) is 19.8 Å². The third kappa shape index (κ3) is 3.11. The van der Waals surface area contributed by atoms with E-state index in [4.69, 9.17) is 4.74 Å². The van der Waals surface area contributed by atoms with Crippen LogP contribution < -0.4 is 0 Å². The summed E-state index contributed by atoms with van der Waals surface area (Å²) < 4.78 is 21.1. The first-order chi connectivity index (χ1) is 11.1. The number of aliphatic hydroxyl groups is 1. The summed E-state index contributed by atoms with van der Waals surface area (Å²) in [7, 11) is 0. The highest BCUT2D eigenvalue weighted by Crippen LogP contribution is 2.19. The molecule has 23 heavy (non-hydrogen) atoms. The number of hydrogen-bond acceptors (Lipinski definition) is 4. The quantitative estimate of drug-likeness (QED) is 0.924. The molecular weight excluding hydrogens is 301 g/mol. The maximum absolute atomic E-state index is 14.3. The molecule has 2 atom stereocenters. The molecule has 0 spiro atoms. The Balaban J connectivity index is 1.83. The van der Waals surface area contributed by atoms with Crippen molar-refractivity contribution in [1.82, 2.24) is 14.7 Å². The highest BCUT2D eigenvalue weighted by Gasteiger charge is 2.30. The fraction of sp³-hybridized carbons (Fsp3) is 0.375. The molecule has 1 aromatic heterocycles. The number of aliphatic hydroxyl groups excluding tert-OH is 1. The fourth-order valence-corrected chi connectivity index (χ4v) is 2.61. The summed E-state index contributed by atoms with van der Waals surface area (Å²) in [4.78, 5) is 14.2. The molecule has 1 amide bonds. The minimum absolute atomic E-state index is 0.126. The molecule has 0 aliphatic carbocycles. The van der Waals surface area contributed by atoms with Gasteiger partial charge in [-0.1, -0.05) is 0 Å². The van der Waals surface area contributed by atoms with E-state index >= 15 is 0 Å². The summed E-state index contributed by atoms with van der Waals surface area (Å²) in [5.74, 6) is -0.788. The molecule has 3 rings (SSSR count). The van der Waals surface area contributed by atoms with E-state index in [0.717, 1.165) is 0 Å². The van der Waals surface area contributed by atoms with Crippen molar-refractivity contribution in [3.63, 3.8) is 0 Å². The lowest BCUT2D eigenvalue weighted by Gasteiger charge is -2.37. The zero-order chi connectivity index (χ0) is 16.4. The van der Waals surface area contributed by atoms with Crippen LogP contribution in [-0.4, -0.2) is 57.6 Å². The average molecular weight is 319 g/mol. The topological polar surface area (TPSA) is 67.6 Å². The van der Waals surface area contributed by atoms with Crippen molar-refractivity contribution in [2.45, 2.75) is 19.1 Å². The monoisotopic (exact) mass is 319 g/mol. The van der Waals surface area contributed by atoms with Crippen LogP contribution in [0.15, 0.2) is 36.7 Å². The molecule has 7 heteroatoms. The number of halogens is 1. The number of ether oxygens (including phenoxy) is 1. The molecule has 1 aliphatic heterocycles. The Kier molecular flexibility index (Phi) is 4.40. The molecule has 2 aromatic rings. The van der Waals surface area contributed by atoms with Gasteiger partial charge < -0.3 is 14.7 Å². The molecule has 1 aliphatic rings. The van der Waals surface area contributed by atoms with Crippen LogP contribution in [0.3, 0.4) is 0 Å². The predicted octanol–water partition coefficient (Wildman–Crippen LogP) is 1.23. The van der Waals surface area contributed by atoms with Gasteiger partial charge in [0.2, 0.25) is 0 Å². The van der Waals surface area contributed by atoms with Crippen molar-refractivity contribution in [3.05, 3.63) is 48.0 Å². The first kappa shape index (κ1) is 15.6. The van der Waals surface area contributed by atoms with Crippen molar-refractivity contribution in [1.29, 1.82) is 0 Å². The first-order valence-corrected chi connectivity index (χ1v) is 7.43. The van der Waals surface area contributed by atoms with Gasteiger partial charge >= 0.3 is 0 Å². The highest BCUT2D eigenvalue weighted by atomic mass is 19.1. The van der Waals surface area contributed by atoms with Gasteiger partial charge in [-0.15, -0.1) is 0 Å². The van der Waals surface area contributed by atoms with E-state index in [-0.39, 0.29) is 29.8 Å². The van der Waals surface area contributed by atoms with E-state index < -0.39 is 11.9 Å². The van der Waals surface area contributed by atoms with Crippen molar-refractivity contribution < 1.29 is 19.0 Å². The van der Waals surface area contributed by atoms with E-state index in [2.05, 4.69) is 5.10 Å². The Morgan fingerprint density at radius 2 is 2.35 bits per heavy atom. The van der Waals surface area contributed by atoms with Gasteiger partial charge in [0, 0.05) is 24.5 Å². The van der Waals surface area contributed by atoms with E-state index in [0.29, 0.717) is 13.2 Å². The van der Waals surface area contributed by atoms with Crippen LogP contribution in [0.5, 0.6) is 0 Å². The molecule has 0 saturated carbocycles. The normalized spacial score (nSPS) is 21.4. The molecule has 1 N–H and O–H groups in total. The number of carbonyl (C=O) groups excluding carboxylic acids is 1. The van der Waals surface area contributed by atoms with Crippen LogP contribution in [0.25, 0.3) is 5.69 Å². The van der Waals surface area contributed by atoms with Gasteiger partial charge in [-0.3, -0.25) is 4.79 Å². The SMILES string of the molecule is CC1COC(CO)CN1C(=O)c1ccc(-n2cccn2)c(F)c1. The number of rotatable bonds is 3. The zero-order valence-electron chi connectivity index (χ0n) is 12.7. The van der Waals surface area contributed by atoms with E-state index in [9.17, 15) is 14.3 Å². The van der Waals surface area contributed by atoms with Gasteiger partial charge in [0.05, 0.1) is 25.4 Å². The number of morpholine rings is 1. The Labute approximate surface area is 133 Å². The third-order valence-corrected chi connectivity index (χ3v) is 3.92. The summed E-state index contributed by atoms with van der Waals surface area (Å²) in [6.07, 6.45) is 2.79. The van der Waals surface area contributed by atoms with Crippen LogP contribution in [0, 0.1) is 5.82 Å². The van der Waals surface area contributed by atoms with Gasteiger partial charge in [-0.2, -0.15) is 5.10 Å². The largest absolute Gasteiger partial charge is 0.394 e. The summed E-state index contributed by atoms with van der Waals surface area (Å²) in [5.41, 5.74) is 0.554. The van der Waals surface area contributed by atoms with E-state index in [1.54, 1.807) is 29.4 Å². The second-order valence-corrected chi connectivity index (χ2v) is 5.56. The smallest absolute Gasteiger partial charge is 0.254 e. The third-order valence-electron chi connectivity index (χ3n) is 3.92. The van der Waals surface area contributed by atoms with Gasteiger partial charge in [0.1, 0.15) is 11.5 Å². The number of aromatic nitrogens is 2. The second-order valence-electron chi connectivity index (χ2n) is 5.56. The molecule has 1 fully saturated rings. The lowest BCUT2D eigenvalue weighted by Crippen LogP contribution is -2.52. The second kappa shape index (κ2) is 6.47. The molecule has 0 bridgehead atoms. The Morgan fingerprint density at radius 1 is 1.52 bits per heavy atom. The minimum Gasteiger partial charge on any atom is -0.394 e. The standard InChI is InChI=1S/C16H18FN3O3/c1-11-10-23-13(9-21)8-19(11)16(22)12-3-4-15(14(17)7-12)20-6-2-5-18-20/h2-7,11,13,21H,8-10H2,1H3. The lowest BCUT2D eigenvalue weighted by molar-refractivity contribution is -0.0667. The Bertz CT molecular complexity index is 690. The summed E-state index contributed by atoms with van der Waals surface area (Å²) in [5, 5.41) is 13.2. The molecule has 1 aromatic carbocycles. The van der Waals surface area contributed by atoms with Crippen LogP contribution >= 0.6 is 0 Å². The molecule has 2 unspecified atom stereocenters. The maximum Gasteiger partial charge on any atom is 0.254 e. The number of carbonyl (C=O) groups is 1. The predicted molar refractivity (Wildman–Crippen MR) is 80.8 cm³/mol. The molecule has 122 valence electrons. The fourth-order valence-electron chi connectivity index (χ4n) is 2.61. The van der Waals surface area contributed by atoms with Crippen molar-refractivity contribution in [2.24, 2.45) is 0 Å². The van der Waals surface area contributed by atoms with Gasteiger partial charge in [-0.05, 0) is 31.2 Å². The minimum atomic E-state index is -0.515. The summed E-state index contributed by atoms with van der Waals surface area (Å²) >= 11 is 0. The van der Waals surface area contributed by atoms with Crippen LogP contribution in [0.1, 0.15) is 17.3 Å². The molecular formula is C16H18FN3O3. The lowest BCUT2D eigenvalue weighted by atomic mass is 10.1. The molecule has 1 saturated heterocycles. The first-order valence-electron chi connectivity index (χ1n) is 7.43. The molecule has 0 radical (unpaired) electrons. The summed E-state index contributed by atoms with van der Waals surface area (Å²) in [6, 6.07) is 5.90. The van der Waals surface area contributed by atoms with Crippen LogP contribution in [-0.2, 0) is 4.74 Å². The highest BCUT2D eigenvalue weighted by molar-refractivity contribution is 5.94. The zero-order valence-corrected chi connectivity index (χ0v) is 12.7. The average Bonchev–Trinajstić information content (AvgIpc) is 3.09.